The van der Waals surface area contributed by atoms with E-state index in [4.69, 9.17) is 5.73 Å². The van der Waals surface area contributed by atoms with Crippen LogP contribution in [0.1, 0.15) is 18.4 Å². The molecule has 0 radical (unpaired) electrons. The van der Waals surface area contributed by atoms with E-state index in [2.05, 4.69) is 10.1 Å². The monoisotopic (exact) mass is 320 g/mol. The van der Waals surface area contributed by atoms with Crippen LogP contribution in [0.4, 0.5) is 8.78 Å². The van der Waals surface area contributed by atoms with Crippen molar-refractivity contribution in [3.63, 3.8) is 0 Å². The lowest BCUT2D eigenvalue weighted by molar-refractivity contribution is -0.120. The number of carbonyl (C=O) groups is 1. The van der Waals surface area contributed by atoms with E-state index in [1.807, 2.05) is 0 Å². The van der Waals surface area contributed by atoms with Crippen LogP contribution >= 0.6 is 12.4 Å². The SMILES string of the molecule is Cl.NC(CNC(=O)Cc1cccc(OC(F)F)c1)C1CC1. The first-order chi connectivity index (χ1) is 9.54. The highest BCUT2D eigenvalue weighted by Crippen LogP contribution is 2.31. The van der Waals surface area contributed by atoms with Crippen LogP contribution in [0.25, 0.3) is 0 Å². The van der Waals surface area contributed by atoms with Crippen molar-refractivity contribution in [1.82, 2.24) is 5.32 Å². The summed E-state index contributed by atoms with van der Waals surface area (Å²) in [5.41, 5.74) is 6.51. The fourth-order valence-corrected chi connectivity index (χ4v) is 2.00. The minimum Gasteiger partial charge on any atom is -0.435 e. The van der Waals surface area contributed by atoms with Crippen LogP contribution < -0.4 is 15.8 Å². The maximum atomic E-state index is 12.1. The van der Waals surface area contributed by atoms with Crippen LogP contribution in [-0.4, -0.2) is 25.1 Å². The molecule has 1 atom stereocenters. The van der Waals surface area contributed by atoms with Crippen LogP contribution in [0.3, 0.4) is 0 Å². The largest absolute Gasteiger partial charge is 0.435 e. The average Bonchev–Trinajstić information content (AvgIpc) is 3.19. The zero-order valence-electron chi connectivity index (χ0n) is 11.4. The number of nitrogens with two attached hydrogens (primary N) is 1. The molecule has 1 saturated carbocycles. The van der Waals surface area contributed by atoms with E-state index in [9.17, 15) is 13.6 Å². The summed E-state index contributed by atoms with van der Waals surface area (Å²) in [5, 5.41) is 2.76. The van der Waals surface area contributed by atoms with E-state index in [0.717, 1.165) is 12.8 Å². The molecular formula is C14H19ClF2N2O2. The molecule has 1 unspecified atom stereocenters. The molecular weight excluding hydrogens is 302 g/mol. The zero-order valence-corrected chi connectivity index (χ0v) is 12.2. The van der Waals surface area contributed by atoms with Gasteiger partial charge in [-0.2, -0.15) is 8.78 Å². The zero-order chi connectivity index (χ0) is 14.5. The number of rotatable bonds is 7. The summed E-state index contributed by atoms with van der Waals surface area (Å²) in [7, 11) is 0. The van der Waals surface area contributed by atoms with Crippen LogP contribution in [0.15, 0.2) is 24.3 Å². The number of alkyl halides is 2. The summed E-state index contributed by atoms with van der Waals surface area (Å²) in [6, 6.07) is 6.14. The van der Waals surface area contributed by atoms with Gasteiger partial charge in [-0.05, 0) is 36.5 Å². The number of amides is 1. The molecule has 0 aromatic heterocycles. The third-order valence-electron chi connectivity index (χ3n) is 3.25. The number of hydrogen-bond acceptors (Lipinski definition) is 3. The average molecular weight is 321 g/mol. The smallest absolute Gasteiger partial charge is 0.387 e. The molecule has 1 aliphatic carbocycles. The number of benzene rings is 1. The first-order valence-electron chi connectivity index (χ1n) is 6.60. The van der Waals surface area contributed by atoms with Gasteiger partial charge in [0.05, 0.1) is 6.42 Å². The van der Waals surface area contributed by atoms with Crippen molar-refractivity contribution in [1.29, 1.82) is 0 Å². The normalized spacial score (nSPS) is 15.2. The van der Waals surface area contributed by atoms with E-state index in [1.165, 1.54) is 12.1 Å². The van der Waals surface area contributed by atoms with Crippen molar-refractivity contribution in [2.24, 2.45) is 11.7 Å². The standard InChI is InChI=1S/C14H18F2N2O2.ClH/c15-14(16)20-11-3-1-2-9(6-11)7-13(19)18-8-12(17)10-4-5-10;/h1-3,6,10,12,14H,4-5,7-8,17H2,(H,18,19);1H. The van der Waals surface area contributed by atoms with E-state index >= 15 is 0 Å². The Hall–Kier alpha value is -1.40. The van der Waals surface area contributed by atoms with Gasteiger partial charge in [0.2, 0.25) is 5.91 Å². The van der Waals surface area contributed by atoms with Crippen LogP contribution in [-0.2, 0) is 11.2 Å². The number of ether oxygens (including phenoxy) is 1. The van der Waals surface area contributed by atoms with Crippen molar-refractivity contribution in [2.45, 2.75) is 31.9 Å². The molecule has 0 saturated heterocycles. The number of carbonyl (C=O) groups excluding carboxylic acids is 1. The lowest BCUT2D eigenvalue weighted by Gasteiger charge is -2.12. The highest BCUT2D eigenvalue weighted by Gasteiger charge is 2.28. The molecule has 1 aromatic rings. The summed E-state index contributed by atoms with van der Waals surface area (Å²) >= 11 is 0. The lowest BCUT2D eigenvalue weighted by Crippen LogP contribution is -2.39. The summed E-state index contributed by atoms with van der Waals surface area (Å²) in [5.74, 6) is 0.411. The second kappa shape index (κ2) is 8.14. The van der Waals surface area contributed by atoms with E-state index in [-0.39, 0.29) is 36.5 Å². The van der Waals surface area contributed by atoms with Gasteiger partial charge in [-0.25, -0.2) is 0 Å². The Bertz CT molecular complexity index is 470. The predicted molar refractivity (Wildman–Crippen MR) is 77.7 cm³/mol. The van der Waals surface area contributed by atoms with Gasteiger partial charge in [-0.3, -0.25) is 4.79 Å². The fraction of sp³-hybridized carbons (Fsp3) is 0.500. The second-order valence-electron chi connectivity index (χ2n) is 5.01. The first-order valence-corrected chi connectivity index (χ1v) is 6.60. The van der Waals surface area contributed by atoms with Crippen LogP contribution in [0, 0.1) is 5.92 Å². The molecule has 3 N–H and O–H groups in total. The van der Waals surface area contributed by atoms with Crippen molar-refractivity contribution in [3.8, 4) is 5.75 Å². The van der Waals surface area contributed by atoms with Crippen molar-refractivity contribution in [3.05, 3.63) is 29.8 Å². The van der Waals surface area contributed by atoms with Crippen molar-refractivity contribution >= 4 is 18.3 Å². The number of halogens is 3. The molecule has 4 nitrogen and oxygen atoms in total. The van der Waals surface area contributed by atoms with Gasteiger partial charge in [-0.15, -0.1) is 12.4 Å². The van der Waals surface area contributed by atoms with Gasteiger partial charge in [0.25, 0.3) is 0 Å². The van der Waals surface area contributed by atoms with E-state index < -0.39 is 6.61 Å². The predicted octanol–water partition coefficient (Wildman–Crippen LogP) is 2.11. The molecule has 1 amide bonds. The third kappa shape index (κ3) is 6.27. The number of nitrogens with one attached hydrogen (secondary N) is 1. The highest BCUT2D eigenvalue weighted by atomic mass is 35.5. The maximum Gasteiger partial charge on any atom is 0.387 e. The Kier molecular flexibility index (Phi) is 6.84. The van der Waals surface area contributed by atoms with Gasteiger partial charge >= 0.3 is 6.61 Å². The molecule has 0 spiro atoms. The Morgan fingerprint density at radius 2 is 2.14 bits per heavy atom. The molecule has 1 aliphatic rings. The maximum absolute atomic E-state index is 12.1. The van der Waals surface area contributed by atoms with Gasteiger partial charge in [0.15, 0.2) is 0 Å². The minimum atomic E-state index is -2.87. The Morgan fingerprint density at radius 3 is 2.76 bits per heavy atom. The third-order valence-corrected chi connectivity index (χ3v) is 3.25. The molecule has 0 bridgehead atoms. The lowest BCUT2D eigenvalue weighted by atomic mass is 10.1. The summed E-state index contributed by atoms with van der Waals surface area (Å²) in [6.45, 7) is -2.41. The molecule has 7 heteroatoms. The Morgan fingerprint density at radius 1 is 1.43 bits per heavy atom. The summed E-state index contributed by atoms with van der Waals surface area (Å²) in [4.78, 5) is 11.7. The quantitative estimate of drug-likeness (QED) is 0.808. The molecule has 1 aromatic carbocycles. The van der Waals surface area contributed by atoms with Gasteiger partial charge in [0, 0.05) is 12.6 Å². The fourth-order valence-electron chi connectivity index (χ4n) is 2.00. The highest BCUT2D eigenvalue weighted by molar-refractivity contribution is 5.85. The van der Waals surface area contributed by atoms with Crippen molar-refractivity contribution < 1.29 is 18.3 Å². The minimum absolute atomic E-state index is 0. The Labute approximate surface area is 128 Å². The molecule has 0 heterocycles. The second-order valence-corrected chi connectivity index (χ2v) is 5.01. The van der Waals surface area contributed by atoms with Crippen molar-refractivity contribution in [2.75, 3.05) is 6.54 Å². The molecule has 21 heavy (non-hydrogen) atoms. The summed E-state index contributed by atoms with van der Waals surface area (Å²) < 4.78 is 28.5. The number of hydrogen-bond donors (Lipinski definition) is 2. The molecule has 118 valence electrons. The Balaban J connectivity index is 0.00000220. The van der Waals surface area contributed by atoms with Crippen LogP contribution in [0.5, 0.6) is 5.75 Å². The van der Waals surface area contributed by atoms with Gasteiger partial charge < -0.3 is 15.8 Å². The van der Waals surface area contributed by atoms with E-state index in [1.54, 1.807) is 12.1 Å². The molecule has 2 rings (SSSR count). The van der Waals surface area contributed by atoms with Gasteiger partial charge in [-0.1, -0.05) is 12.1 Å². The van der Waals surface area contributed by atoms with E-state index in [0.29, 0.717) is 18.0 Å². The molecule has 1 fully saturated rings. The molecule has 0 aliphatic heterocycles. The topological polar surface area (TPSA) is 64.3 Å². The summed E-state index contributed by atoms with van der Waals surface area (Å²) in [6.07, 6.45) is 2.38. The van der Waals surface area contributed by atoms with Gasteiger partial charge in [0.1, 0.15) is 5.75 Å². The first kappa shape index (κ1) is 17.7. The van der Waals surface area contributed by atoms with Crippen LogP contribution in [0.2, 0.25) is 0 Å².